The lowest BCUT2D eigenvalue weighted by molar-refractivity contribution is -0.116. The van der Waals surface area contributed by atoms with Crippen LogP contribution in [-0.4, -0.2) is 56.4 Å². The van der Waals surface area contributed by atoms with Crippen LogP contribution in [0.2, 0.25) is 0 Å². The van der Waals surface area contributed by atoms with E-state index in [1.807, 2.05) is 4.90 Å². The van der Waals surface area contributed by atoms with E-state index < -0.39 is 0 Å². The molecule has 174 valence electrons. The van der Waals surface area contributed by atoms with Crippen LogP contribution < -0.4 is 30.7 Å². The molecule has 5 rings (SSSR count). The molecule has 11 nitrogen and oxygen atoms in total. The van der Waals surface area contributed by atoms with Crippen LogP contribution in [0.3, 0.4) is 0 Å². The molecule has 0 saturated carbocycles. The summed E-state index contributed by atoms with van der Waals surface area (Å²) in [7, 11) is 3.06. The van der Waals surface area contributed by atoms with Crippen LogP contribution in [0.1, 0.15) is 11.1 Å². The van der Waals surface area contributed by atoms with Gasteiger partial charge in [-0.1, -0.05) is 0 Å². The third-order valence-electron chi connectivity index (χ3n) is 6.10. The maximum absolute atomic E-state index is 13.2. The van der Waals surface area contributed by atoms with Crippen LogP contribution in [0.4, 0.5) is 29.0 Å². The van der Waals surface area contributed by atoms with E-state index in [2.05, 4.69) is 16.0 Å². The van der Waals surface area contributed by atoms with E-state index in [1.165, 1.54) is 19.1 Å². The van der Waals surface area contributed by atoms with Crippen molar-refractivity contribution in [1.29, 1.82) is 5.26 Å². The highest BCUT2D eigenvalue weighted by atomic mass is 16.5. The Balaban J connectivity index is 1.75. The van der Waals surface area contributed by atoms with Crippen molar-refractivity contribution in [3.63, 3.8) is 0 Å². The number of pyridine rings is 2. The first-order chi connectivity index (χ1) is 16.5. The smallest absolute Gasteiger partial charge is 0.237 e. The van der Waals surface area contributed by atoms with Crippen molar-refractivity contribution >= 4 is 45.6 Å². The monoisotopic (exact) mass is 461 g/mol. The Morgan fingerprint density at radius 3 is 2.35 bits per heavy atom. The van der Waals surface area contributed by atoms with E-state index in [-0.39, 0.29) is 24.0 Å². The number of nitrogens with zero attached hydrogens (tertiary/aromatic N) is 5. The lowest BCUT2D eigenvalue weighted by Gasteiger charge is -2.29. The minimum absolute atomic E-state index is 0.0359. The Hall–Kier alpha value is -4.30. The molecule has 1 amide bonds. The highest BCUT2D eigenvalue weighted by Gasteiger charge is 2.35. The van der Waals surface area contributed by atoms with Crippen molar-refractivity contribution in [2.24, 2.45) is 0 Å². The summed E-state index contributed by atoms with van der Waals surface area (Å²) in [4.78, 5) is 25.7. The molecule has 4 N–H and O–H groups in total. The summed E-state index contributed by atoms with van der Waals surface area (Å²) in [6.07, 6.45) is 0.0359. The number of nitrogen functional groups attached to an aromatic ring is 2. The van der Waals surface area contributed by atoms with Crippen LogP contribution in [-0.2, 0) is 16.0 Å². The number of hydrogen-bond acceptors (Lipinski definition) is 10. The van der Waals surface area contributed by atoms with Gasteiger partial charge in [-0.15, -0.1) is 0 Å². The van der Waals surface area contributed by atoms with Gasteiger partial charge >= 0.3 is 0 Å². The SMILES string of the molecule is COc1ccc(N2C(=O)Cc3c2nc(N)c2c(N)nc(N4CCOCC4)c(C#N)c32)cc1OC. The number of nitrogens with two attached hydrogens (primary N) is 2. The molecular weight excluding hydrogens is 438 g/mol. The van der Waals surface area contributed by atoms with Crippen molar-refractivity contribution < 1.29 is 19.0 Å². The maximum Gasteiger partial charge on any atom is 0.237 e. The topological polar surface area (TPSA) is 153 Å². The third-order valence-corrected chi connectivity index (χ3v) is 6.10. The van der Waals surface area contributed by atoms with Crippen LogP contribution in [0.25, 0.3) is 10.8 Å². The lowest BCUT2D eigenvalue weighted by Crippen LogP contribution is -2.37. The van der Waals surface area contributed by atoms with Gasteiger partial charge in [0.15, 0.2) is 11.5 Å². The zero-order valence-electron chi connectivity index (χ0n) is 18.8. The molecule has 0 unspecified atom stereocenters. The van der Waals surface area contributed by atoms with Gasteiger partial charge < -0.3 is 30.6 Å². The first kappa shape index (κ1) is 21.5. The molecule has 0 spiro atoms. The molecule has 4 heterocycles. The normalized spacial score (nSPS) is 15.4. The number of amides is 1. The number of anilines is 5. The largest absolute Gasteiger partial charge is 0.493 e. The van der Waals surface area contributed by atoms with Crippen molar-refractivity contribution in [2.45, 2.75) is 6.42 Å². The molecule has 1 aromatic carbocycles. The molecule has 0 radical (unpaired) electrons. The second-order valence-electron chi connectivity index (χ2n) is 7.90. The van der Waals surface area contributed by atoms with Crippen LogP contribution in [0.15, 0.2) is 18.2 Å². The molecule has 34 heavy (non-hydrogen) atoms. The van der Waals surface area contributed by atoms with Gasteiger partial charge in [0.2, 0.25) is 5.91 Å². The predicted molar refractivity (Wildman–Crippen MR) is 127 cm³/mol. The van der Waals surface area contributed by atoms with Crippen LogP contribution >= 0.6 is 0 Å². The highest BCUT2D eigenvalue weighted by molar-refractivity contribution is 6.15. The second-order valence-corrected chi connectivity index (χ2v) is 7.90. The molecule has 0 atom stereocenters. The summed E-state index contributed by atoms with van der Waals surface area (Å²) in [5, 5.41) is 11.0. The van der Waals surface area contributed by atoms with Crippen molar-refractivity contribution in [3.8, 4) is 17.6 Å². The molecule has 2 aromatic heterocycles. The third kappa shape index (κ3) is 3.19. The summed E-state index contributed by atoms with van der Waals surface area (Å²) < 4.78 is 16.1. The second kappa shape index (κ2) is 8.24. The number of methoxy groups -OCH3 is 2. The van der Waals surface area contributed by atoms with Gasteiger partial charge in [0.25, 0.3) is 0 Å². The number of hydrogen-bond donors (Lipinski definition) is 2. The predicted octanol–water partition coefficient (Wildman–Crippen LogP) is 1.74. The molecule has 1 saturated heterocycles. The molecule has 0 aliphatic carbocycles. The fraction of sp³-hybridized carbons (Fsp3) is 0.304. The number of nitriles is 1. The number of aromatic nitrogens is 2. The van der Waals surface area contributed by atoms with E-state index in [0.29, 0.717) is 77.0 Å². The quantitative estimate of drug-likeness (QED) is 0.587. The van der Waals surface area contributed by atoms with Gasteiger partial charge in [0.05, 0.1) is 44.9 Å². The minimum Gasteiger partial charge on any atom is -0.493 e. The summed E-state index contributed by atoms with van der Waals surface area (Å²) in [5.74, 6) is 1.87. The molecule has 1 fully saturated rings. The first-order valence-electron chi connectivity index (χ1n) is 10.7. The van der Waals surface area contributed by atoms with Crippen LogP contribution in [0, 0.1) is 11.3 Å². The van der Waals surface area contributed by atoms with Gasteiger partial charge in [-0.2, -0.15) is 5.26 Å². The Morgan fingerprint density at radius 1 is 1.03 bits per heavy atom. The van der Waals surface area contributed by atoms with Gasteiger partial charge in [-0.3, -0.25) is 9.69 Å². The number of benzene rings is 1. The van der Waals surface area contributed by atoms with Gasteiger partial charge in [-0.05, 0) is 12.1 Å². The molecule has 3 aromatic rings. The average Bonchev–Trinajstić information content (AvgIpc) is 3.19. The molecule has 2 aliphatic rings. The summed E-state index contributed by atoms with van der Waals surface area (Å²) >= 11 is 0. The van der Waals surface area contributed by atoms with Crippen LogP contribution in [0.5, 0.6) is 11.5 Å². The van der Waals surface area contributed by atoms with E-state index in [0.717, 1.165) is 0 Å². The Kier molecular flexibility index (Phi) is 5.22. The molecular formula is C23H23N7O4. The Bertz CT molecular complexity index is 1360. The fourth-order valence-electron chi connectivity index (χ4n) is 4.54. The molecule has 0 bridgehead atoms. The van der Waals surface area contributed by atoms with Crippen molar-refractivity contribution in [3.05, 3.63) is 29.3 Å². The Morgan fingerprint density at radius 2 is 1.71 bits per heavy atom. The number of morpholine rings is 1. The van der Waals surface area contributed by atoms with Gasteiger partial charge in [0.1, 0.15) is 34.9 Å². The van der Waals surface area contributed by atoms with E-state index >= 15 is 0 Å². The number of ether oxygens (including phenoxy) is 3. The number of carbonyl (C=O) groups is 1. The highest BCUT2D eigenvalue weighted by Crippen LogP contribution is 2.45. The standard InChI is InChI=1S/C23H23N7O4/c1-32-15-4-3-12(9-16(15)33-2)30-17(31)10-13-18-14(11-24)22(29-5-7-34-8-6-29)27-20(25)19(18)21(26)28-23(13)30/h3-4,9H,5-8,10H2,1-2H3,(H2,25,27)(H2,26,28). The van der Waals surface area contributed by atoms with E-state index in [1.54, 1.807) is 18.2 Å². The average molecular weight is 461 g/mol. The number of rotatable bonds is 4. The maximum atomic E-state index is 13.2. The van der Waals surface area contributed by atoms with Gasteiger partial charge in [0, 0.05) is 30.1 Å². The zero-order valence-corrected chi connectivity index (χ0v) is 18.8. The van der Waals surface area contributed by atoms with E-state index in [4.69, 9.17) is 25.7 Å². The number of carbonyl (C=O) groups excluding carboxylic acids is 1. The Labute approximate surface area is 195 Å². The summed E-state index contributed by atoms with van der Waals surface area (Å²) in [6.45, 7) is 2.19. The number of fused-ring (bicyclic) bond motifs is 3. The van der Waals surface area contributed by atoms with Crippen molar-refractivity contribution in [1.82, 2.24) is 9.97 Å². The first-order valence-corrected chi connectivity index (χ1v) is 10.7. The van der Waals surface area contributed by atoms with Crippen molar-refractivity contribution in [2.75, 3.05) is 61.8 Å². The molecule has 2 aliphatic heterocycles. The minimum atomic E-state index is -0.214. The van der Waals surface area contributed by atoms with Gasteiger partial charge in [-0.25, -0.2) is 9.97 Å². The summed E-state index contributed by atoms with van der Waals surface area (Å²) in [6, 6.07) is 7.42. The zero-order chi connectivity index (χ0) is 24.0. The fourth-order valence-corrected chi connectivity index (χ4v) is 4.54. The van der Waals surface area contributed by atoms with E-state index in [9.17, 15) is 10.1 Å². The summed E-state index contributed by atoms with van der Waals surface area (Å²) in [5.41, 5.74) is 14.1. The molecule has 11 heteroatoms. The lowest BCUT2D eigenvalue weighted by atomic mass is 10.0.